The van der Waals surface area contributed by atoms with Crippen molar-refractivity contribution in [1.82, 2.24) is 19.7 Å². The summed E-state index contributed by atoms with van der Waals surface area (Å²) in [5.74, 6) is 1.29. The molecule has 0 aliphatic rings. The highest BCUT2D eigenvalue weighted by Gasteiger charge is 2.15. The molecule has 0 bridgehead atoms. The number of rotatable bonds is 5. The second kappa shape index (κ2) is 6.78. The van der Waals surface area contributed by atoms with Crippen LogP contribution in [-0.2, 0) is 13.7 Å². The Bertz CT molecular complexity index is 997. The lowest BCUT2D eigenvalue weighted by Crippen LogP contribution is -2.04. The highest BCUT2D eigenvalue weighted by molar-refractivity contribution is 7.99. The Hall–Kier alpha value is -2.51. The zero-order valence-electron chi connectivity index (χ0n) is 13.2. The van der Waals surface area contributed by atoms with Gasteiger partial charge in [-0.25, -0.2) is 4.98 Å². The summed E-state index contributed by atoms with van der Waals surface area (Å²) >= 11 is 7.40. The molecule has 0 amide bonds. The van der Waals surface area contributed by atoms with Crippen molar-refractivity contribution in [2.24, 2.45) is 7.05 Å². The predicted octanol–water partition coefficient (Wildman–Crippen LogP) is 4.34. The molecule has 6 nitrogen and oxygen atoms in total. The van der Waals surface area contributed by atoms with Crippen LogP contribution >= 0.6 is 23.4 Å². The van der Waals surface area contributed by atoms with E-state index >= 15 is 0 Å². The molecule has 0 atom stereocenters. The molecule has 2 heterocycles. The number of benzene rings is 2. The van der Waals surface area contributed by atoms with E-state index in [9.17, 15) is 0 Å². The number of halogens is 1. The zero-order valence-corrected chi connectivity index (χ0v) is 14.8. The Labute approximate surface area is 152 Å². The molecular formula is C17H13ClN4O2S. The normalized spacial score (nSPS) is 11.1. The fourth-order valence-electron chi connectivity index (χ4n) is 2.24. The SMILES string of the molecule is Cn1c(COc2ccccc2Cl)nnc1Sc1nc2ccccc2o1. The van der Waals surface area contributed by atoms with Gasteiger partial charge in [0.2, 0.25) is 0 Å². The first kappa shape index (κ1) is 16.0. The highest BCUT2D eigenvalue weighted by atomic mass is 35.5. The van der Waals surface area contributed by atoms with E-state index in [1.165, 1.54) is 11.8 Å². The van der Waals surface area contributed by atoms with E-state index in [2.05, 4.69) is 15.2 Å². The van der Waals surface area contributed by atoms with Crippen LogP contribution in [0.1, 0.15) is 5.82 Å². The molecular weight excluding hydrogens is 360 g/mol. The number of hydrogen-bond donors (Lipinski definition) is 0. The Kier molecular flexibility index (Phi) is 4.33. The molecule has 8 heteroatoms. The van der Waals surface area contributed by atoms with E-state index in [-0.39, 0.29) is 6.61 Å². The van der Waals surface area contributed by atoms with Crippen molar-refractivity contribution in [3.8, 4) is 5.75 Å². The summed E-state index contributed by atoms with van der Waals surface area (Å²) in [5, 5.41) is 10.1. The van der Waals surface area contributed by atoms with E-state index in [1.807, 2.05) is 54.1 Å². The zero-order chi connectivity index (χ0) is 17.2. The molecule has 0 radical (unpaired) electrons. The third-order valence-electron chi connectivity index (χ3n) is 3.57. The molecule has 2 aromatic heterocycles. The standard InChI is InChI=1S/C17H13ClN4O2S/c1-22-15(10-23-13-8-4-2-6-11(13)18)20-21-16(22)25-17-19-12-7-3-5-9-14(12)24-17/h2-9H,10H2,1H3. The van der Waals surface area contributed by atoms with Gasteiger partial charge in [-0.15, -0.1) is 10.2 Å². The fourth-order valence-corrected chi connectivity index (χ4v) is 3.18. The topological polar surface area (TPSA) is 66.0 Å². The molecule has 0 aliphatic heterocycles. The highest BCUT2D eigenvalue weighted by Crippen LogP contribution is 2.29. The number of fused-ring (bicyclic) bond motifs is 1. The Balaban J connectivity index is 1.50. The van der Waals surface area contributed by atoms with Crippen LogP contribution in [0.25, 0.3) is 11.1 Å². The van der Waals surface area contributed by atoms with Gasteiger partial charge in [0.05, 0.1) is 5.02 Å². The summed E-state index contributed by atoms with van der Waals surface area (Å²) in [6.07, 6.45) is 0. The van der Waals surface area contributed by atoms with E-state index < -0.39 is 0 Å². The maximum absolute atomic E-state index is 6.09. The minimum atomic E-state index is 0.265. The van der Waals surface area contributed by atoms with Gasteiger partial charge in [0.15, 0.2) is 16.6 Å². The summed E-state index contributed by atoms with van der Waals surface area (Å²) in [7, 11) is 1.87. The molecule has 4 aromatic rings. The quantitative estimate of drug-likeness (QED) is 0.519. The van der Waals surface area contributed by atoms with Gasteiger partial charge in [0, 0.05) is 18.8 Å². The van der Waals surface area contributed by atoms with E-state index in [1.54, 1.807) is 6.07 Å². The van der Waals surface area contributed by atoms with Gasteiger partial charge in [0.1, 0.15) is 17.9 Å². The van der Waals surface area contributed by atoms with Crippen LogP contribution in [0.2, 0.25) is 5.02 Å². The molecule has 0 aliphatic carbocycles. The average molecular weight is 373 g/mol. The fraction of sp³-hybridized carbons (Fsp3) is 0.118. The number of hydrogen-bond acceptors (Lipinski definition) is 6. The number of ether oxygens (including phenoxy) is 1. The Morgan fingerprint density at radius 2 is 1.92 bits per heavy atom. The predicted molar refractivity (Wildman–Crippen MR) is 94.9 cm³/mol. The molecule has 126 valence electrons. The number of nitrogens with zero attached hydrogens (tertiary/aromatic N) is 4. The number of oxazole rings is 1. The molecule has 25 heavy (non-hydrogen) atoms. The maximum atomic E-state index is 6.09. The molecule has 0 unspecified atom stereocenters. The summed E-state index contributed by atoms with van der Waals surface area (Å²) in [5.41, 5.74) is 1.56. The van der Waals surface area contributed by atoms with E-state index in [0.717, 1.165) is 11.1 Å². The Morgan fingerprint density at radius 3 is 2.76 bits per heavy atom. The van der Waals surface area contributed by atoms with Gasteiger partial charge < -0.3 is 13.7 Å². The van der Waals surface area contributed by atoms with Crippen molar-refractivity contribution in [3.05, 3.63) is 59.4 Å². The van der Waals surface area contributed by atoms with Gasteiger partial charge in [0.25, 0.3) is 5.22 Å². The third kappa shape index (κ3) is 3.33. The first-order valence-corrected chi connectivity index (χ1v) is 8.69. The molecule has 4 rings (SSSR count). The first-order chi connectivity index (χ1) is 12.2. The van der Waals surface area contributed by atoms with Crippen molar-refractivity contribution in [3.63, 3.8) is 0 Å². The molecule has 2 aromatic carbocycles. The second-order valence-electron chi connectivity index (χ2n) is 5.23. The molecule has 0 N–H and O–H groups in total. The summed E-state index contributed by atoms with van der Waals surface area (Å²) in [6, 6.07) is 14.9. The van der Waals surface area contributed by atoms with Crippen LogP contribution in [0, 0.1) is 0 Å². The minimum absolute atomic E-state index is 0.265. The summed E-state index contributed by atoms with van der Waals surface area (Å²) < 4.78 is 13.3. The van der Waals surface area contributed by atoms with Crippen molar-refractivity contribution in [2.45, 2.75) is 17.0 Å². The molecule has 0 saturated carbocycles. The smallest absolute Gasteiger partial charge is 0.264 e. The lowest BCUT2D eigenvalue weighted by molar-refractivity contribution is 0.290. The average Bonchev–Trinajstić information content (AvgIpc) is 3.18. The van der Waals surface area contributed by atoms with Gasteiger partial charge >= 0.3 is 0 Å². The van der Waals surface area contributed by atoms with Crippen molar-refractivity contribution < 1.29 is 9.15 Å². The largest absolute Gasteiger partial charge is 0.484 e. The van der Waals surface area contributed by atoms with Crippen LogP contribution in [0.3, 0.4) is 0 Å². The number of aromatic nitrogens is 4. The molecule has 0 fully saturated rings. The van der Waals surface area contributed by atoms with Crippen molar-refractivity contribution in [1.29, 1.82) is 0 Å². The van der Waals surface area contributed by atoms with Gasteiger partial charge in [-0.3, -0.25) is 0 Å². The van der Waals surface area contributed by atoms with Crippen LogP contribution in [0.15, 0.2) is 63.3 Å². The summed E-state index contributed by atoms with van der Waals surface area (Å²) in [6.45, 7) is 0.265. The molecule has 0 saturated heterocycles. The van der Waals surface area contributed by atoms with Crippen LogP contribution in [0.5, 0.6) is 5.75 Å². The van der Waals surface area contributed by atoms with Crippen molar-refractivity contribution >= 4 is 34.5 Å². The lowest BCUT2D eigenvalue weighted by Gasteiger charge is -2.07. The van der Waals surface area contributed by atoms with E-state index in [4.69, 9.17) is 20.8 Å². The van der Waals surface area contributed by atoms with Gasteiger partial charge in [-0.05, 0) is 24.3 Å². The monoisotopic (exact) mass is 372 g/mol. The Morgan fingerprint density at radius 1 is 1.12 bits per heavy atom. The van der Waals surface area contributed by atoms with Crippen LogP contribution < -0.4 is 4.74 Å². The van der Waals surface area contributed by atoms with Gasteiger partial charge in [-0.1, -0.05) is 35.9 Å². The minimum Gasteiger partial charge on any atom is -0.484 e. The molecule has 0 spiro atoms. The van der Waals surface area contributed by atoms with E-state index in [0.29, 0.717) is 27.0 Å². The van der Waals surface area contributed by atoms with Crippen LogP contribution in [0.4, 0.5) is 0 Å². The first-order valence-electron chi connectivity index (χ1n) is 7.50. The second-order valence-corrected chi connectivity index (χ2v) is 6.55. The third-order valence-corrected chi connectivity index (χ3v) is 4.77. The lowest BCUT2D eigenvalue weighted by atomic mass is 10.3. The van der Waals surface area contributed by atoms with Gasteiger partial charge in [-0.2, -0.15) is 0 Å². The number of para-hydroxylation sites is 3. The van der Waals surface area contributed by atoms with Crippen LogP contribution in [-0.4, -0.2) is 19.7 Å². The summed E-state index contributed by atoms with van der Waals surface area (Å²) in [4.78, 5) is 4.43. The van der Waals surface area contributed by atoms with Crippen molar-refractivity contribution in [2.75, 3.05) is 0 Å². The maximum Gasteiger partial charge on any atom is 0.264 e.